The van der Waals surface area contributed by atoms with E-state index in [1.165, 1.54) is 6.92 Å². The van der Waals surface area contributed by atoms with Crippen molar-refractivity contribution in [2.24, 2.45) is 29.4 Å². The van der Waals surface area contributed by atoms with Gasteiger partial charge in [-0.1, -0.05) is 12.2 Å². The summed E-state index contributed by atoms with van der Waals surface area (Å²) in [6, 6.07) is 1.64. The zero-order chi connectivity index (χ0) is 18.3. The van der Waals surface area contributed by atoms with E-state index in [0.717, 1.165) is 11.3 Å². The Morgan fingerprint density at radius 1 is 1.28 bits per heavy atom. The number of nitrogens with zero attached hydrogens (tertiary/aromatic N) is 2. The number of ketones is 1. The molecular weight excluding hydrogens is 326 g/mol. The van der Waals surface area contributed by atoms with Crippen molar-refractivity contribution in [3.05, 3.63) is 23.4 Å². The summed E-state index contributed by atoms with van der Waals surface area (Å²) in [5, 5.41) is 8.83. The molecule has 8 nitrogen and oxygen atoms in total. The Bertz CT molecular complexity index is 742. The van der Waals surface area contributed by atoms with Gasteiger partial charge in [0.1, 0.15) is 18.2 Å². The first-order valence-corrected chi connectivity index (χ1v) is 7.94. The third-order valence-electron chi connectivity index (χ3n) is 5.00. The van der Waals surface area contributed by atoms with E-state index in [1.54, 1.807) is 6.07 Å². The summed E-state index contributed by atoms with van der Waals surface area (Å²) in [5.74, 6) is -2.96. The second-order valence-electron chi connectivity index (χ2n) is 6.52. The van der Waals surface area contributed by atoms with Crippen LogP contribution in [0.1, 0.15) is 13.3 Å². The number of ether oxygens (including phenoxy) is 1. The lowest BCUT2D eigenvalue weighted by atomic mass is 9.85. The van der Waals surface area contributed by atoms with Crippen molar-refractivity contribution in [3.8, 4) is 6.07 Å². The highest BCUT2D eigenvalue weighted by Crippen LogP contribution is 2.52. The Kier molecular flexibility index (Phi) is 4.17. The minimum absolute atomic E-state index is 0.0317. The molecule has 1 aliphatic heterocycles. The van der Waals surface area contributed by atoms with Crippen LogP contribution in [0, 0.1) is 35.0 Å². The molecule has 4 atom stereocenters. The fraction of sp³-hybridized carbons (Fsp3) is 0.471. The van der Waals surface area contributed by atoms with Gasteiger partial charge in [-0.25, -0.2) is 0 Å². The van der Waals surface area contributed by atoms with E-state index in [4.69, 9.17) is 15.7 Å². The quantitative estimate of drug-likeness (QED) is 0.237. The number of hydrogen-bond acceptors (Lipinski definition) is 7. The molecule has 0 aromatic rings. The minimum atomic E-state index is -0.873. The molecule has 2 amide bonds. The summed E-state index contributed by atoms with van der Waals surface area (Å²) in [7, 11) is 0. The molecule has 0 unspecified atom stereocenters. The van der Waals surface area contributed by atoms with Crippen LogP contribution >= 0.6 is 0 Å². The van der Waals surface area contributed by atoms with Crippen LogP contribution in [0.25, 0.3) is 0 Å². The topological polar surface area (TPSA) is 131 Å². The summed E-state index contributed by atoms with van der Waals surface area (Å²) in [5.41, 5.74) is 5.15. The first kappa shape index (κ1) is 16.9. The molecule has 0 spiro atoms. The molecule has 2 N–H and O–H groups in total. The van der Waals surface area contributed by atoms with E-state index in [2.05, 4.69) is 0 Å². The maximum atomic E-state index is 12.4. The van der Waals surface area contributed by atoms with Crippen molar-refractivity contribution >= 4 is 23.6 Å². The van der Waals surface area contributed by atoms with E-state index in [9.17, 15) is 19.2 Å². The van der Waals surface area contributed by atoms with Crippen LogP contribution in [-0.4, -0.2) is 41.6 Å². The Balaban J connectivity index is 1.59. The van der Waals surface area contributed by atoms with Gasteiger partial charge in [-0.15, -0.1) is 0 Å². The third-order valence-corrected chi connectivity index (χ3v) is 5.00. The van der Waals surface area contributed by atoms with Gasteiger partial charge in [0.15, 0.2) is 6.61 Å². The first-order valence-electron chi connectivity index (χ1n) is 7.94. The number of nitrogens with two attached hydrogens (primary N) is 1. The second kappa shape index (κ2) is 6.16. The van der Waals surface area contributed by atoms with Crippen LogP contribution < -0.4 is 5.73 Å². The zero-order valence-corrected chi connectivity index (χ0v) is 13.6. The summed E-state index contributed by atoms with van der Waals surface area (Å²) >= 11 is 0. The molecule has 1 saturated carbocycles. The summed E-state index contributed by atoms with van der Waals surface area (Å²) in [6.07, 6.45) is 4.73. The number of imide groups is 1. The molecule has 8 heteroatoms. The fourth-order valence-corrected chi connectivity index (χ4v) is 3.88. The van der Waals surface area contributed by atoms with Gasteiger partial charge in [0.05, 0.1) is 11.8 Å². The summed E-state index contributed by atoms with van der Waals surface area (Å²) < 4.78 is 4.80. The number of allylic oxidation sites excluding steroid dienone is 3. The fourth-order valence-electron chi connectivity index (χ4n) is 3.88. The van der Waals surface area contributed by atoms with Gasteiger partial charge in [0, 0.05) is 5.70 Å². The van der Waals surface area contributed by atoms with Gasteiger partial charge >= 0.3 is 5.97 Å². The highest BCUT2D eigenvalue weighted by atomic mass is 16.5. The summed E-state index contributed by atoms with van der Waals surface area (Å²) in [6.45, 7) is 0.206. The molecule has 0 aromatic carbocycles. The van der Waals surface area contributed by atoms with Crippen molar-refractivity contribution in [2.75, 3.05) is 13.2 Å². The Morgan fingerprint density at radius 3 is 2.32 bits per heavy atom. The minimum Gasteiger partial charge on any atom is -0.456 e. The third kappa shape index (κ3) is 2.71. The SMILES string of the molecule is C/C(N)=C(\C#N)C(=O)COC(=O)CN1C(=O)[C@H]2[C@H](C1=O)[C@H]1C=C[C@H]2C1. The molecule has 3 aliphatic rings. The normalized spacial score (nSPS) is 30.2. The number of carbonyl (C=O) groups is 4. The van der Waals surface area contributed by atoms with Crippen molar-refractivity contribution in [1.29, 1.82) is 5.26 Å². The van der Waals surface area contributed by atoms with Crippen molar-refractivity contribution < 1.29 is 23.9 Å². The van der Waals surface area contributed by atoms with Crippen LogP contribution in [0.2, 0.25) is 0 Å². The predicted octanol–water partition coefficient (Wildman–Crippen LogP) is -0.338. The second-order valence-corrected chi connectivity index (χ2v) is 6.52. The van der Waals surface area contributed by atoms with E-state index >= 15 is 0 Å². The standard InChI is InChI=1S/C17H17N3O5/c1-8(19)11(5-18)12(21)7-25-13(22)6-20-16(23)14-9-2-3-10(4-9)15(14)17(20)24/h2-3,9-10,14-15H,4,6-7,19H2,1H3/b11-8-/t9-,10-,14+,15+/m0/s1. The maximum Gasteiger partial charge on any atom is 0.326 e. The molecule has 2 bridgehead atoms. The average Bonchev–Trinajstić information content (AvgIpc) is 3.23. The van der Waals surface area contributed by atoms with Crippen LogP contribution in [0.15, 0.2) is 23.4 Å². The number of fused-ring (bicyclic) bond motifs is 5. The number of likely N-dealkylation sites (tertiary alicyclic amines) is 1. The Morgan fingerprint density at radius 2 is 1.84 bits per heavy atom. The monoisotopic (exact) mass is 343 g/mol. The molecular formula is C17H17N3O5. The van der Waals surface area contributed by atoms with Crippen LogP contribution in [0.3, 0.4) is 0 Å². The van der Waals surface area contributed by atoms with Crippen LogP contribution in [-0.2, 0) is 23.9 Å². The van der Waals surface area contributed by atoms with Gasteiger partial charge in [-0.3, -0.25) is 24.1 Å². The highest BCUT2D eigenvalue weighted by Gasteiger charge is 2.59. The van der Waals surface area contributed by atoms with Crippen LogP contribution in [0.4, 0.5) is 0 Å². The summed E-state index contributed by atoms with van der Waals surface area (Å²) in [4.78, 5) is 49.4. The number of esters is 1. The van der Waals surface area contributed by atoms with Crippen molar-refractivity contribution in [3.63, 3.8) is 0 Å². The predicted molar refractivity (Wildman–Crippen MR) is 82.9 cm³/mol. The Labute approximate surface area is 143 Å². The van der Waals surface area contributed by atoms with Gasteiger partial charge < -0.3 is 10.5 Å². The van der Waals surface area contributed by atoms with E-state index in [-0.39, 0.29) is 46.8 Å². The molecule has 2 fully saturated rings. The van der Waals surface area contributed by atoms with E-state index in [0.29, 0.717) is 0 Å². The molecule has 1 heterocycles. The molecule has 0 aromatic heterocycles. The smallest absolute Gasteiger partial charge is 0.326 e. The first-order chi connectivity index (χ1) is 11.8. The largest absolute Gasteiger partial charge is 0.456 e. The van der Waals surface area contributed by atoms with Gasteiger partial charge in [-0.05, 0) is 25.2 Å². The molecule has 0 radical (unpaired) electrons. The number of amides is 2. The number of nitriles is 1. The van der Waals surface area contributed by atoms with Crippen LogP contribution in [0.5, 0.6) is 0 Å². The average molecular weight is 343 g/mol. The van der Waals surface area contributed by atoms with Crippen molar-refractivity contribution in [2.45, 2.75) is 13.3 Å². The molecule has 25 heavy (non-hydrogen) atoms. The number of carbonyl (C=O) groups excluding carboxylic acids is 4. The Hall–Kier alpha value is -2.95. The lowest BCUT2D eigenvalue weighted by molar-refractivity contribution is -0.154. The van der Waals surface area contributed by atoms with E-state index in [1.807, 2.05) is 12.2 Å². The molecule has 1 saturated heterocycles. The number of rotatable bonds is 5. The lowest BCUT2D eigenvalue weighted by Gasteiger charge is -2.16. The van der Waals surface area contributed by atoms with Crippen molar-refractivity contribution in [1.82, 2.24) is 4.90 Å². The zero-order valence-electron chi connectivity index (χ0n) is 13.6. The molecule has 130 valence electrons. The highest BCUT2D eigenvalue weighted by molar-refractivity contribution is 6.08. The molecule has 2 aliphatic carbocycles. The van der Waals surface area contributed by atoms with Gasteiger partial charge in [0.2, 0.25) is 17.6 Å². The van der Waals surface area contributed by atoms with E-state index < -0.39 is 24.9 Å². The van der Waals surface area contributed by atoms with Gasteiger partial charge in [0.25, 0.3) is 0 Å². The maximum absolute atomic E-state index is 12.4. The number of hydrogen-bond donors (Lipinski definition) is 1. The molecule has 3 rings (SSSR count). The lowest BCUT2D eigenvalue weighted by Crippen LogP contribution is -2.38. The number of Topliss-reactive ketones (excluding diaryl/α,β-unsaturated/α-hetero) is 1. The van der Waals surface area contributed by atoms with Gasteiger partial charge in [-0.2, -0.15) is 5.26 Å².